The molecule has 1 aromatic heterocycles. The Bertz CT molecular complexity index is 865. The second-order valence-corrected chi connectivity index (χ2v) is 8.28. The number of aromatic nitrogens is 2. The number of carbonyl (C=O) groups is 1. The minimum absolute atomic E-state index is 0.153. The van der Waals surface area contributed by atoms with Gasteiger partial charge in [0.15, 0.2) is 0 Å². The lowest BCUT2D eigenvalue weighted by atomic mass is 10.2. The van der Waals surface area contributed by atoms with Crippen molar-refractivity contribution in [1.82, 2.24) is 9.55 Å². The molecule has 0 radical (unpaired) electrons. The van der Waals surface area contributed by atoms with Gasteiger partial charge in [-0.2, -0.15) is 0 Å². The topological polar surface area (TPSA) is 53.4 Å². The van der Waals surface area contributed by atoms with Crippen LogP contribution in [0, 0.1) is 7.14 Å². The lowest BCUT2D eigenvalue weighted by Crippen LogP contribution is -2.40. The van der Waals surface area contributed by atoms with E-state index in [4.69, 9.17) is 9.47 Å². The number of ether oxygens (including phenoxy) is 2. The van der Waals surface area contributed by atoms with Gasteiger partial charge in [-0.3, -0.25) is 4.57 Å². The molecule has 0 N–H and O–H groups in total. The van der Waals surface area contributed by atoms with Crippen molar-refractivity contribution in [3.63, 3.8) is 0 Å². The third-order valence-corrected chi connectivity index (χ3v) is 5.20. The number of nitrogens with zero attached hydrogens (tertiary/aromatic N) is 2. The van der Waals surface area contributed by atoms with E-state index < -0.39 is 11.7 Å². The number of rotatable bonds is 6. The maximum atomic E-state index is 12.6. The van der Waals surface area contributed by atoms with Crippen LogP contribution in [0.4, 0.5) is 0 Å². The monoisotopic (exact) mass is 574 g/mol. The van der Waals surface area contributed by atoms with Crippen LogP contribution in [0.5, 0.6) is 5.75 Å². The summed E-state index contributed by atoms with van der Waals surface area (Å²) in [4.78, 5) is 16.7. The summed E-state index contributed by atoms with van der Waals surface area (Å²) in [7, 11) is 0. The van der Waals surface area contributed by atoms with Crippen LogP contribution in [-0.4, -0.2) is 22.1 Å². The Morgan fingerprint density at radius 2 is 1.69 bits per heavy atom. The molecule has 7 heteroatoms. The van der Waals surface area contributed by atoms with Gasteiger partial charge >= 0.3 is 5.97 Å². The predicted molar refractivity (Wildman–Crippen MR) is 115 cm³/mol. The Hall–Kier alpha value is -1.62. The maximum Gasteiger partial charge on any atom is 0.340 e. The zero-order valence-corrected chi connectivity index (χ0v) is 18.2. The van der Waals surface area contributed by atoms with Crippen LogP contribution in [0.25, 0.3) is 0 Å². The predicted octanol–water partition coefficient (Wildman–Crippen LogP) is 4.70. The fourth-order valence-electron chi connectivity index (χ4n) is 2.29. The molecule has 26 heavy (non-hydrogen) atoms. The highest BCUT2D eigenvalue weighted by Crippen LogP contribution is 2.23. The highest BCUT2D eigenvalue weighted by atomic mass is 127. The van der Waals surface area contributed by atoms with Crippen LogP contribution >= 0.6 is 45.2 Å². The fraction of sp³-hybridized carbons (Fsp3) is 0.158. The average Bonchev–Trinajstić information content (AvgIpc) is 3.17. The molecule has 0 aliphatic rings. The van der Waals surface area contributed by atoms with E-state index in [9.17, 15) is 4.79 Å². The van der Waals surface area contributed by atoms with Crippen molar-refractivity contribution >= 4 is 51.2 Å². The molecule has 1 heterocycles. The van der Waals surface area contributed by atoms with E-state index in [-0.39, 0.29) is 6.61 Å². The molecule has 5 nitrogen and oxygen atoms in total. The van der Waals surface area contributed by atoms with E-state index >= 15 is 0 Å². The minimum atomic E-state index is -1.03. The molecule has 0 spiro atoms. The van der Waals surface area contributed by atoms with Crippen LogP contribution < -0.4 is 4.74 Å². The minimum Gasteiger partial charge on any atom is -0.487 e. The molecule has 134 valence electrons. The summed E-state index contributed by atoms with van der Waals surface area (Å²) in [6, 6.07) is 14.9. The number of esters is 1. The second kappa shape index (κ2) is 8.38. The highest BCUT2D eigenvalue weighted by Gasteiger charge is 2.32. The van der Waals surface area contributed by atoms with Gasteiger partial charge in [-0.05, 0) is 101 Å². The summed E-state index contributed by atoms with van der Waals surface area (Å²) in [5.74, 6) is 0.297. The Labute approximate surface area is 179 Å². The standard InChI is InChI=1S/C19H16I2N2O3/c1-19(23-11-10-22-13-23,12-25-17-8-6-16(21)7-9-17)26-18(24)14-2-4-15(20)5-3-14/h2-11,13H,12H2,1H3. The molecule has 2 aromatic carbocycles. The van der Waals surface area contributed by atoms with Crippen LogP contribution in [0.3, 0.4) is 0 Å². The Kier molecular flexibility index (Phi) is 6.17. The van der Waals surface area contributed by atoms with Crippen molar-refractivity contribution in [1.29, 1.82) is 0 Å². The van der Waals surface area contributed by atoms with Gasteiger partial charge in [-0.1, -0.05) is 0 Å². The van der Waals surface area contributed by atoms with Crippen molar-refractivity contribution in [2.24, 2.45) is 0 Å². The van der Waals surface area contributed by atoms with Crippen LogP contribution in [-0.2, 0) is 10.5 Å². The largest absolute Gasteiger partial charge is 0.487 e. The molecule has 3 aromatic rings. The molecule has 0 amide bonds. The van der Waals surface area contributed by atoms with Gasteiger partial charge in [0, 0.05) is 19.5 Å². The molecule has 0 fully saturated rings. The van der Waals surface area contributed by atoms with E-state index in [1.54, 1.807) is 42.3 Å². The smallest absolute Gasteiger partial charge is 0.340 e. The van der Waals surface area contributed by atoms with Crippen molar-refractivity contribution in [2.75, 3.05) is 6.61 Å². The van der Waals surface area contributed by atoms with Gasteiger partial charge in [0.05, 0.1) is 11.9 Å². The zero-order chi connectivity index (χ0) is 18.6. The van der Waals surface area contributed by atoms with E-state index in [1.165, 1.54) is 0 Å². The first-order chi connectivity index (χ1) is 12.5. The number of halogens is 2. The summed E-state index contributed by atoms with van der Waals surface area (Å²) < 4.78 is 15.6. The second-order valence-electron chi connectivity index (χ2n) is 5.78. The molecule has 0 aliphatic heterocycles. The van der Waals surface area contributed by atoms with Crippen LogP contribution in [0.15, 0.2) is 67.3 Å². The molecular formula is C19H16I2N2O3. The Morgan fingerprint density at radius 1 is 1.08 bits per heavy atom. The molecule has 0 saturated carbocycles. The number of carbonyl (C=O) groups excluding carboxylic acids is 1. The summed E-state index contributed by atoms with van der Waals surface area (Å²) in [5.41, 5.74) is -0.537. The van der Waals surface area contributed by atoms with Crippen molar-refractivity contribution in [2.45, 2.75) is 12.6 Å². The number of hydrogen-bond donors (Lipinski definition) is 0. The van der Waals surface area contributed by atoms with E-state index in [2.05, 4.69) is 50.2 Å². The summed E-state index contributed by atoms with van der Waals surface area (Å²) in [6.07, 6.45) is 5.00. The average molecular weight is 574 g/mol. The van der Waals surface area contributed by atoms with Gasteiger partial charge in [0.25, 0.3) is 0 Å². The Balaban J connectivity index is 1.78. The molecule has 0 saturated heterocycles. The zero-order valence-electron chi connectivity index (χ0n) is 13.9. The summed E-state index contributed by atoms with van der Waals surface area (Å²) >= 11 is 4.43. The number of hydrogen-bond acceptors (Lipinski definition) is 4. The van der Waals surface area contributed by atoms with E-state index in [0.29, 0.717) is 11.3 Å². The van der Waals surface area contributed by atoms with Crippen LogP contribution in [0.2, 0.25) is 0 Å². The van der Waals surface area contributed by atoms with Gasteiger partial charge in [0.2, 0.25) is 5.72 Å². The number of imidazole rings is 1. The van der Waals surface area contributed by atoms with E-state index in [0.717, 1.165) is 7.14 Å². The van der Waals surface area contributed by atoms with E-state index in [1.807, 2.05) is 36.4 Å². The van der Waals surface area contributed by atoms with Gasteiger partial charge in [0.1, 0.15) is 12.4 Å². The SMILES string of the molecule is CC(COc1ccc(I)cc1)(OC(=O)c1ccc(I)cc1)n1ccnc1. The van der Waals surface area contributed by atoms with Gasteiger partial charge in [-0.25, -0.2) is 9.78 Å². The summed E-state index contributed by atoms with van der Waals surface area (Å²) in [5, 5.41) is 0. The lowest BCUT2D eigenvalue weighted by Gasteiger charge is -2.30. The first kappa shape index (κ1) is 19.2. The molecule has 1 atom stereocenters. The molecule has 0 aliphatic carbocycles. The van der Waals surface area contributed by atoms with Crippen molar-refractivity contribution in [3.8, 4) is 5.75 Å². The van der Waals surface area contributed by atoms with Gasteiger partial charge < -0.3 is 9.47 Å². The summed E-state index contributed by atoms with van der Waals surface area (Å²) in [6.45, 7) is 1.95. The third kappa shape index (κ3) is 4.76. The first-order valence-electron chi connectivity index (χ1n) is 7.82. The molecule has 0 bridgehead atoms. The van der Waals surface area contributed by atoms with Crippen molar-refractivity contribution < 1.29 is 14.3 Å². The van der Waals surface area contributed by atoms with Crippen LogP contribution in [0.1, 0.15) is 17.3 Å². The molecular weight excluding hydrogens is 558 g/mol. The molecule has 1 unspecified atom stereocenters. The normalized spacial score (nSPS) is 13.0. The maximum absolute atomic E-state index is 12.6. The fourth-order valence-corrected chi connectivity index (χ4v) is 3.01. The molecule has 3 rings (SSSR count). The number of benzene rings is 2. The quantitative estimate of drug-likeness (QED) is 0.317. The first-order valence-corrected chi connectivity index (χ1v) is 9.98. The Morgan fingerprint density at radius 3 is 2.27 bits per heavy atom. The third-order valence-electron chi connectivity index (χ3n) is 3.76. The van der Waals surface area contributed by atoms with Gasteiger partial charge in [-0.15, -0.1) is 0 Å². The van der Waals surface area contributed by atoms with Crippen molar-refractivity contribution in [3.05, 3.63) is 80.0 Å². The highest BCUT2D eigenvalue weighted by molar-refractivity contribution is 14.1. The lowest BCUT2D eigenvalue weighted by molar-refractivity contribution is -0.0794.